The molecule has 1 aliphatic carbocycles. The van der Waals surface area contributed by atoms with Crippen LogP contribution in [-0.2, 0) is 6.54 Å². The third-order valence-corrected chi connectivity index (χ3v) is 9.76. The fraction of sp³-hybridized carbons (Fsp3) is 0.243. The van der Waals surface area contributed by atoms with Gasteiger partial charge >= 0.3 is 5.69 Å². The van der Waals surface area contributed by atoms with Gasteiger partial charge in [0.05, 0.1) is 28.0 Å². The van der Waals surface area contributed by atoms with Crippen molar-refractivity contribution >= 4 is 51.2 Å². The minimum atomic E-state index is -0.191. The number of pyridine rings is 2. The maximum Gasteiger partial charge on any atom is 0.330 e. The molecule has 0 aliphatic heterocycles. The molecule has 1 atom stereocenters. The lowest BCUT2D eigenvalue weighted by atomic mass is 9.91. The molecule has 1 amide bonds. The average molecular weight is 682 g/mol. The van der Waals surface area contributed by atoms with Crippen LogP contribution in [0.15, 0.2) is 95.9 Å². The van der Waals surface area contributed by atoms with Gasteiger partial charge in [-0.1, -0.05) is 59.6 Å². The molecule has 3 aromatic heterocycles. The Bertz CT molecular complexity index is 2170. The highest BCUT2D eigenvalue weighted by atomic mass is 35.5. The van der Waals surface area contributed by atoms with Crippen LogP contribution in [0.2, 0.25) is 10.0 Å². The number of fused-ring (bicyclic) bond motifs is 3. The lowest BCUT2D eigenvalue weighted by Gasteiger charge is -2.27. The van der Waals surface area contributed by atoms with Crippen LogP contribution in [0.3, 0.4) is 0 Å². The van der Waals surface area contributed by atoms with Crippen molar-refractivity contribution in [2.75, 3.05) is 0 Å². The molecule has 1 saturated carbocycles. The number of nitrogens with zero attached hydrogens (tertiary/aromatic N) is 4. The zero-order valence-corrected chi connectivity index (χ0v) is 27.8. The highest BCUT2D eigenvalue weighted by molar-refractivity contribution is 6.42. The number of hydrogen-bond acceptors (Lipinski definition) is 6. The van der Waals surface area contributed by atoms with Gasteiger partial charge in [-0.25, -0.2) is 4.79 Å². The molecule has 9 nitrogen and oxygen atoms in total. The van der Waals surface area contributed by atoms with E-state index >= 15 is 0 Å². The maximum atomic E-state index is 14.3. The van der Waals surface area contributed by atoms with Crippen molar-refractivity contribution in [3.05, 3.63) is 128 Å². The number of aromatic nitrogens is 4. The summed E-state index contributed by atoms with van der Waals surface area (Å²) in [7, 11) is 0. The molecule has 7 rings (SSSR count). The van der Waals surface area contributed by atoms with Gasteiger partial charge in [0, 0.05) is 23.8 Å². The highest BCUT2D eigenvalue weighted by Gasteiger charge is 2.28. The Labute approximate surface area is 287 Å². The summed E-state index contributed by atoms with van der Waals surface area (Å²) in [5.41, 5.74) is 10.1. The number of nitrogens with two attached hydrogens (primary N) is 1. The van der Waals surface area contributed by atoms with Crippen LogP contribution in [0, 0.1) is 0 Å². The van der Waals surface area contributed by atoms with E-state index in [1.54, 1.807) is 47.2 Å². The number of amides is 1. The molecule has 0 spiro atoms. The minimum absolute atomic E-state index is 0.0445. The van der Waals surface area contributed by atoms with Crippen molar-refractivity contribution in [1.82, 2.24) is 24.4 Å². The zero-order chi connectivity index (χ0) is 33.4. The van der Waals surface area contributed by atoms with Gasteiger partial charge in [0.25, 0.3) is 5.91 Å². The lowest BCUT2D eigenvalue weighted by molar-refractivity contribution is 0.0940. The molecule has 244 valence electrons. The fourth-order valence-electron chi connectivity index (χ4n) is 6.44. The van der Waals surface area contributed by atoms with Gasteiger partial charge < -0.3 is 15.8 Å². The van der Waals surface area contributed by atoms with Crippen LogP contribution in [-0.4, -0.2) is 31.1 Å². The summed E-state index contributed by atoms with van der Waals surface area (Å²) in [6, 6.07) is 25.6. The Kier molecular flexibility index (Phi) is 8.92. The number of halogens is 2. The molecule has 3 aromatic carbocycles. The van der Waals surface area contributed by atoms with E-state index in [2.05, 4.69) is 5.32 Å². The second-order valence-corrected chi connectivity index (χ2v) is 13.1. The van der Waals surface area contributed by atoms with E-state index in [0.717, 1.165) is 36.8 Å². The Morgan fingerprint density at radius 1 is 0.979 bits per heavy atom. The molecule has 0 bridgehead atoms. The molecule has 3 heterocycles. The van der Waals surface area contributed by atoms with Crippen LogP contribution in [0.5, 0.6) is 11.6 Å². The van der Waals surface area contributed by atoms with Crippen molar-refractivity contribution in [2.45, 2.75) is 57.3 Å². The lowest BCUT2D eigenvalue weighted by Crippen LogP contribution is -2.33. The number of benzene rings is 3. The monoisotopic (exact) mass is 680 g/mol. The number of carbonyl (C=O) groups is 1. The number of nitrogens with one attached hydrogen (secondary N) is 1. The van der Waals surface area contributed by atoms with Crippen LogP contribution in [0.25, 0.3) is 22.1 Å². The maximum absolute atomic E-state index is 14.3. The van der Waals surface area contributed by atoms with E-state index in [1.807, 2.05) is 60.0 Å². The van der Waals surface area contributed by atoms with Crippen molar-refractivity contribution in [3.63, 3.8) is 0 Å². The molecule has 0 unspecified atom stereocenters. The SMILES string of the molecule is C[C@@H](NC(=O)c1ccc(Oc2nc3c(c4ncccc24)n(C2CCC(N)CC2)c(=O)n3Cc2ccc(Cl)c(Cl)c2)cc1)c1ccccc1. The molecule has 0 radical (unpaired) electrons. The van der Waals surface area contributed by atoms with Crippen LogP contribution < -0.4 is 21.5 Å². The molecule has 11 heteroatoms. The molecule has 48 heavy (non-hydrogen) atoms. The molecule has 0 saturated heterocycles. The molecule has 6 aromatic rings. The summed E-state index contributed by atoms with van der Waals surface area (Å²) in [6.07, 6.45) is 4.93. The van der Waals surface area contributed by atoms with Gasteiger partial charge in [0.1, 0.15) is 16.8 Å². The van der Waals surface area contributed by atoms with E-state index in [4.69, 9.17) is 43.6 Å². The van der Waals surface area contributed by atoms with E-state index in [-0.39, 0.29) is 36.3 Å². The van der Waals surface area contributed by atoms with Gasteiger partial charge in [-0.2, -0.15) is 4.98 Å². The predicted molar refractivity (Wildman–Crippen MR) is 189 cm³/mol. The summed E-state index contributed by atoms with van der Waals surface area (Å²) in [5, 5.41) is 4.54. The first kappa shape index (κ1) is 31.9. The quantitative estimate of drug-likeness (QED) is 0.169. The summed E-state index contributed by atoms with van der Waals surface area (Å²) >= 11 is 12.5. The second-order valence-electron chi connectivity index (χ2n) is 12.3. The normalized spacial score (nSPS) is 17.0. The van der Waals surface area contributed by atoms with Crippen LogP contribution >= 0.6 is 23.2 Å². The van der Waals surface area contributed by atoms with Gasteiger partial charge in [0.15, 0.2) is 5.65 Å². The smallest absolute Gasteiger partial charge is 0.330 e. The molecule has 1 fully saturated rings. The van der Waals surface area contributed by atoms with Crippen molar-refractivity contribution < 1.29 is 9.53 Å². The number of carbonyl (C=O) groups excluding carboxylic acids is 1. The third kappa shape index (κ3) is 6.29. The zero-order valence-electron chi connectivity index (χ0n) is 26.3. The number of hydrogen-bond donors (Lipinski definition) is 2. The summed E-state index contributed by atoms with van der Waals surface area (Å²) in [4.78, 5) is 37.0. The van der Waals surface area contributed by atoms with Crippen molar-refractivity contribution in [3.8, 4) is 11.6 Å². The number of rotatable bonds is 8. The van der Waals surface area contributed by atoms with Gasteiger partial charge in [-0.05, 0) is 92.3 Å². The first-order valence-corrected chi connectivity index (χ1v) is 16.7. The average Bonchev–Trinajstić information content (AvgIpc) is 3.37. The summed E-state index contributed by atoms with van der Waals surface area (Å²) in [6.45, 7) is 2.17. The first-order chi connectivity index (χ1) is 23.3. The summed E-state index contributed by atoms with van der Waals surface area (Å²) in [5.74, 6) is 0.591. The predicted octanol–water partition coefficient (Wildman–Crippen LogP) is 7.83. The molecular weight excluding hydrogens is 647 g/mol. The van der Waals surface area contributed by atoms with Crippen LogP contribution in [0.1, 0.15) is 66.2 Å². The van der Waals surface area contributed by atoms with E-state index in [9.17, 15) is 9.59 Å². The Morgan fingerprint density at radius 2 is 1.73 bits per heavy atom. The third-order valence-electron chi connectivity index (χ3n) is 9.02. The first-order valence-electron chi connectivity index (χ1n) is 16.0. The minimum Gasteiger partial charge on any atom is -0.438 e. The molecule has 3 N–H and O–H groups in total. The van der Waals surface area contributed by atoms with E-state index in [1.165, 1.54) is 0 Å². The number of ether oxygens (including phenoxy) is 1. The van der Waals surface area contributed by atoms with E-state index in [0.29, 0.717) is 49.3 Å². The number of imidazole rings is 1. The fourth-order valence-corrected chi connectivity index (χ4v) is 6.76. The van der Waals surface area contributed by atoms with E-state index < -0.39 is 0 Å². The molecule has 1 aliphatic rings. The van der Waals surface area contributed by atoms with Gasteiger partial charge in [0.2, 0.25) is 5.88 Å². The van der Waals surface area contributed by atoms with Gasteiger partial charge in [-0.3, -0.25) is 18.9 Å². The van der Waals surface area contributed by atoms with Crippen molar-refractivity contribution in [2.24, 2.45) is 5.73 Å². The Balaban J connectivity index is 1.27. The Morgan fingerprint density at radius 3 is 2.46 bits per heavy atom. The topological polar surface area (TPSA) is 117 Å². The standard InChI is InChI=1S/C37H34Cl2N6O3/c1-22(24-6-3-2-4-7-24)42-35(46)25-10-16-28(17-11-25)48-36-29-8-5-19-41-32(29)33-34(43-36)44(21-23-9-18-30(38)31(39)20-23)37(47)45(33)27-14-12-26(40)13-15-27/h2-11,16-20,22,26-27H,12-15,21,40H2,1H3,(H,42,46)/t22-,26?,27?/m1/s1. The second kappa shape index (κ2) is 13.4. The highest BCUT2D eigenvalue weighted by Crippen LogP contribution is 2.36. The summed E-state index contributed by atoms with van der Waals surface area (Å²) < 4.78 is 9.86. The largest absolute Gasteiger partial charge is 0.438 e. The van der Waals surface area contributed by atoms with Crippen molar-refractivity contribution in [1.29, 1.82) is 0 Å². The Hall–Kier alpha value is -4.70. The van der Waals surface area contributed by atoms with Crippen LogP contribution in [0.4, 0.5) is 0 Å². The van der Waals surface area contributed by atoms with Gasteiger partial charge in [-0.15, -0.1) is 0 Å². The molecular formula is C37H34Cl2N6O3.